The van der Waals surface area contributed by atoms with Gasteiger partial charge in [0.1, 0.15) is 11.8 Å². The third-order valence-corrected chi connectivity index (χ3v) is 7.86. The molecule has 1 aliphatic carbocycles. The van der Waals surface area contributed by atoms with Gasteiger partial charge in [0, 0.05) is 31.2 Å². The number of hydrogen-bond acceptors (Lipinski definition) is 6. The van der Waals surface area contributed by atoms with Gasteiger partial charge in [0.25, 0.3) is 0 Å². The summed E-state index contributed by atoms with van der Waals surface area (Å²) in [7, 11) is 1.64. The molecule has 0 radical (unpaired) electrons. The number of ether oxygens (including phenoxy) is 1. The lowest BCUT2D eigenvalue weighted by atomic mass is 9.84. The molecule has 1 aromatic heterocycles. The molecule has 2 N–H and O–H groups in total. The number of thiocarbonyl (C=S) groups is 1. The monoisotopic (exact) mass is 515 g/mol. The van der Waals surface area contributed by atoms with Gasteiger partial charge in [0.05, 0.1) is 13.7 Å². The van der Waals surface area contributed by atoms with Gasteiger partial charge in [0.2, 0.25) is 11.8 Å². The van der Waals surface area contributed by atoms with E-state index < -0.39 is 6.04 Å². The number of piperazine rings is 1. The van der Waals surface area contributed by atoms with Gasteiger partial charge in [-0.15, -0.1) is 11.3 Å². The Kier molecular flexibility index (Phi) is 8.92. The highest BCUT2D eigenvalue weighted by Crippen LogP contribution is 2.30. The van der Waals surface area contributed by atoms with E-state index in [4.69, 9.17) is 17.0 Å². The number of benzene rings is 1. The highest BCUT2D eigenvalue weighted by atomic mass is 32.1. The fourth-order valence-corrected chi connectivity index (χ4v) is 5.57. The minimum atomic E-state index is -0.488. The zero-order valence-corrected chi connectivity index (χ0v) is 21.7. The van der Waals surface area contributed by atoms with Gasteiger partial charge in [-0.1, -0.05) is 44.2 Å². The third kappa shape index (κ3) is 6.91. The highest BCUT2D eigenvalue weighted by Gasteiger charge is 2.36. The standard InChI is InChI=1S/C25H33N5O3S2/c1-33-20-9-7-19(8-10-20)16-27-25(34)29-12-13-30(22(31)17-29)21(15-18-5-3-2-4-6-18)23(32)28-24-26-11-14-35-24/h7-11,14,18,21H,2-6,12-13,15-17H2,1H3,(H,27,34)(H,26,28,32)/t21-/m0/s1. The summed E-state index contributed by atoms with van der Waals surface area (Å²) in [6, 6.07) is 7.29. The van der Waals surface area contributed by atoms with Crippen LogP contribution in [-0.2, 0) is 16.1 Å². The molecular formula is C25H33N5O3S2. The molecule has 2 aromatic rings. The summed E-state index contributed by atoms with van der Waals surface area (Å²) in [5.41, 5.74) is 1.07. The Morgan fingerprint density at radius 2 is 2.00 bits per heavy atom. The Morgan fingerprint density at radius 1 is 1.23 bits per heavy atom. The molecular weight excluding hydrogens is 482 g/mol. The predicted octanol–water partition coefficient (Wildman–Crippen LogP) is 3.65. The SMILES string of the molecule is COc1ccc(CNC(=S)N2CCN([C@@H](CC3CCCCC3)C(=O)Nc3nccs3)C(=O)C2)cc1. The Balaban J connectivity index is 1.35. The number of amides is 2. The van der Waals surface area contributed by atoms with Crippen LogP contribution < -0.4 is 15.4 Å². The molecule has 1 aliphatic heterocycles. The summed E-state index contributed by atoms with van der Waals surface area (Å²) in [6.07, 6.45) is 8.25. The van der Waals surface area contributed by atoms with Gasteiger partial charge in [0.15, 0.2) is 10.2 Å². The molecule has 188 valence electrons. The van der Waals surface area contributed by atoms with Crippen LogP contribution in [0.4, 0.5) is 5.13 Å². The molecule has 0 unspecified atom stereocenters. The molecule has 1 saturated carbocycles. The predicted molar refractivity (Wildman–Crippen MR) is 141 cm³/mol. The van der Waals surface area contributed by atoms with Crippen molar-refractivity contribution in [2.45, 2.75) is 51.1 Å². The smallest absolute Gasteiger partial charge is 0.248 e. The second-order valence-corrected chi connectivity index (χ2v) is 10.4. The van der Waals surface area contributed by atoms with Crippen molar-refractivity contribution in [3.8, 4) is 5.75 Å². The first-order valence-corrected chi connectivity index (χ1v) is 13.5. The summed E-state index contributed by atoms with van der Waals surface area (Å²) in [4.78, 5) is 34.3. The number of anilines is 1. The quantitative estimate of drug-likeness (QED) is 0.519. The van der Waals surface area contributed by atoms with E-state index in [0.29, 0.717) is 42.2 Å². The molecule has 2 heterocycles. The lowest BCUT2D eigenvalue weighted by Crippen LogP contribution is -2.59. The second-order valence-electron chi connectivity index (χ2n) is 9.10. The topological polar surface area (TPSA) is 86.8 Å². The van der Waals surface area contributed by atoms with Crippen molar-refractivity contribution in [3.63, 3.8) is 0 Å². The van der Waals surface area contributed by atoms with E-state index in [-0.39, 0.29) is 18.4 Å². The van der Waals surface area contributed by atoms with Crippen LogP contribution in [0.25, 0.3) is 0 Å². The summed E-state index contributed by atoms with van der Waals surface area (Å²) >= 11 is 6.96. The normalized spacial score (nSPS) is 17.7. The van der Waals surface area contributed by atoms with Gasteiger partial charge in [-0.05, 0) is 42.3 Å². The maximum Gasteiger partial charge on any atom is 0.248 e. The minimum Gasteiger partial charge on any atom is -0.497 e. The van der Waals surface area contributed by atoms with Crippen LogP contribution in [-0.4, -0.2) is 64.5 Å². The van der Waals surface area contributed by atoms with E-state index in [1.54, 1.807) is 18.2 Å². The van der Waals surface area contributed by atoms with Gasteiger partial charge >= 0.3 is 0 Å². The van der Waals surface area contributed by atoms with Gasteiger partial charge in [-0.25, -0.2) is 4.98 Å². The Hall–Kier alpha value is -2.72. The Labute approximate surface area is 216 Å². The van der Waals surface area contributed by atoms with Crippen LogP contribution >= 0.6 is 23.6 Å². The number of carbonyl (C=O) groups excluding carboxylic acids is 2. The number of nitrogens with one attached hydrogen (secondary N) is 2. The zero-order chi connectivity index (χ0) is 24.6. The van der Waals surface area contributed by atoms with Gasteiger partial charge < -0.3 is 25.2 Å². The maximum absolute atomic E-state index is 13.3. The number of nitrogens with zero attached hydrogens (tertiary/aromatic N) is 3. The molecule has 35 heavy (non-hydrogen) atoms. The minimum absolute atomic E-state index is 0.0695. The largest absolute Gasteiger partial charge is 0.497 e. The molecule has 1 aromatic carbocycles. The molecule has 1 saturated heterocycles. The maximum atomic E-state index is 13.3. The van der Waals surface area contributed by atoms with Crippen LogP contribution in [0.5, 0.6) is 5.75 Å². The lowest BCUT2D eigenvalue weighted by Gasteiger charge is -2.40. The fraction of sp³-hybridized carbons (Fsp3) is 0.520. The van der Waals surface area contributed by atoms with Gasteiger partial charge in [-0.2, -0.15) is 0 Å². The Morgan fingerprint density at radius 3 is 2.66 bits per heavy atom. The van der Waals surface area contributed by atoms with E-state index in [9.17, 15) is 9.59 Å². The molecule has 1 atom stereocenters. The number of rotatable bonds is 8. The zero-order valence-electron chi connectivity index (χ0n) is 20.1. The molecule has 10 heteroatoms. The highest BCUT2D eigenvalue weighted by molar-refractivity contribution is 7.80. The van der Waals surface area contributed by atoms with E-state index in [2.05, 4.69) is 15.6 Å². The van der Waals surface area contributed by atoms with E-state index in [0.717, 1.165) is 24.2 Å². The van der Waals surface area contributed by atoms with Crippen LogP contribution in [0, 0.1) is 5.92 Å². The molecule has 8 nitrogen and oxygen atoms in total. The van der Waals surface area contributed by atoms with Gasteiger partial charge in [-0.3, -0.25) is 9.59 Å². The fourth-order valence-electron chi connectivity index (χ4n) is 4.81. The average Bonchev–Trinajstić information content (AvgIpc) is 3.40. The van der Waals surface area contributed by atoms with Crippen molar-refractivity contribution in [1.82, 2.24) is 20.1 Å². The first kappa shape index (κ1) is 25.4. The van der Waals surface area contributed by atoms with E-state index in [1.807, 2.05) is 34.5 Å². The van der Waals surface area contributed by atoms with Crippen molar-refractivity contribution in [3.05, 3.63) is 41.4 Å². The van der Waals surface area contributed by atoms with Crippen LogP contribution in [0.1, 0.15) is 44.1 Å². The third-order valence-electron chi connectivity index (χ3n) is 6.77. The summed E-state index contributed by atoms with van der Waals surface area (Å²) in [5.74, 6) is 1.06. The van der Waals surface area contributed by atoms with E-state index in [1.165, 1.54) is 30.6 Å². The molecule has 0 bridgehead atoms. The van der Waals surface area contributed by atoms with Crippen molar-refractivity contribution < 1.29 is 14.3 Å². The number of thiazole rings is 1. The van der Waals surface area contributed by atoms with Crippen LogP contribution in [0.15, 0.2) is 35.8 Å². The number of hydrogen-bond donors (Lipinski definition) is 2. The number of methoxy groups -OCH3 is 1. The molecule has 2 amide bonds. The van der Waals surface area contributed by atoms with Crippen molar-refractivity contribution in [2.24, 2.45) is 5.92 Å². The summed E-state index contributed by atoms with van der Waals surface area (Å²) in [6.45, 7) is 1.79. The second kappa shape index (κ2) is 12.3. The number of aromatic nitrogens is 1. The van der Waals surface area contributed by atoms with Crippen LogP contribution in [0.2, 0.25) is 0 Å². The lowest BCUT2D eigenvalue weighted by molar-refractivity contribution is -0.142. The summed E-state index contributed by atoms with van der Waals surface area (Å²) < 4.78 is 5.20. The number of carbonyl (C=O) groups is 2. The van der Waals surface area contributed by atoms with Crippen molar-refractivity contribution in [1.29, 1.82) is 0 Å². The Bertz CT molecular complexity index is 993. The van der Waals surface area contributed by atoms with E-state index >= 15 is 0 Å². The first-order chi connectivity index (χ1) is 17.0. The average molecular weight is 516 g/mol. The molecule has 2 aliphatic rings. The molecule has 4 rings (SSSR count). The van der Waals surface area contributed by atoms with Crippen molar-refractivity contribution >= 4 is 45.6 Å². The van der Waals surface area contributed by atoms with Crippen LogP contribution in [0.3, 0.4) is 0 Å². The molecule has 0 spiro atoms. The summed E-state index contributed by atoms with van der Waals surface area (Å²) in [5, 5.41) is 9.12. The first-order valence-electron chi connectivity index (χ1n) is 12.2. The molecule has 2 fully saturated rings. The van der Waals surface area contributed by atoms with Crippen molar-refractivity contribution in [2.75, 3.05) is 32.1 Å².